The van der Waals surface area contributed by atoms with Crippen molar-refractivity contribution in [2.24, 2.45) is 4.99 Å². The molecule has 0 aliphatic carbocycles. The molecule has 2 rings (SSSR count). The van der Waals surface area contributed by atoms with Crippen molar-refractivity contribution in [1.29, 1.82) is 0 Å². The summed E-state index contributed by atoms with van der Waals surface area (Å²) in [5, 5.41) is 17.6. The first-order valence-corrected chi connectivity index (χ1v) is 6.82. The van der Waals surface area contributed by atoms with Crippen molar-refractivity contribution in [3.05, 3.63) is 35.9 Å². The molecule has 1 aliphatic rings. The summed E-state index contributed by atoms with van der Waals surface area (Å²) in [6, 6.07) is 8.23. The summed E-state index contributed by atoms with van der Waals surface area (Å²) in [6.07, 6.45) is 0.244. The van der Waals surface area contributed by atoms with E-state index in [0.717, 1.165) is 17.3 Å². The van der Waals surface area contributed by atoms with Gasteiger partial charge in [0.15, 0.2) is 6.04 Å². The number of hydrogen-bond acceptors (Lipinski definition) is 4. The lowest BCUT2D eigenvalue weighted by Gasteiger charge is -2.09. The molecule has 0 saturated heterocycles. The van der Waals surface area contributed by atoms with E-state index in [4.69, 9.17) is 10.2 Å². The molecule has 1 aromatic carbocycles. The van der Waals surface area contributed by atoms with E-state index in [9.17, 15) is 9.59 Å². The molecule has 5 nitrogen and oxygen atoms in total. The number of benzene rings is 1. The molecule has 1 aromatic rings. The zero-order valence-electron chi connectivity index (χ0n) is 10.0. The van der Waals surface area contributed by atoms with Gasteiger partial charge in [-0.3, -0.25) is 9.79 Å². The van der Waals surface area contributed by atoms with Gasteiger partial charge >= 0.3 is 11.9 Å². The second kappa shape index (κ2) is 5.88. The second-order valence-electron chi connectivity index (χ2n) is 4.16. The van der Waals surface area contributed by atoms with Crippen LogP contribution in [0.2, 0.25) is 0 Å². The first kappa shape index (κ1) is 13.6. The molecule has 0 bridgehead atoms. The van der Waals surface area contributed by atoms with Crippen LogP contribution in [0.3, 0.4) is 0 Å². The Morgan fingerprint density at radius 2 is 1.84 bits per heavy atom. The van der Waals surface area contributed by atoms with Crippen LogP contribution in [0.15, 0.2) is 35.3 Å². The van der Waals surface area contributed by atoms with Crippen molar-refractivity contribution in [3.63, 3.8) is 0 Å². The third-order valence-corrected chi connectivity index (χ3v) is 4.09. The molecule has 19 heavy (non-hydrogen) atoms. The lowest BCUT2D eigenvalue weighted by atomic mass is 10.1. The smallest absolute Gasteiger partial charge is 0.329 e. The minimum Gasteiger partial charge on any atom is -0.480 e. The molecule has 0 amide bonds. The lowest BCUT2D eigenvalue weighted by molar-refractivity contribution is -0.138. The number of aliphatic imine (C=N–C) groups is 1. The highest BCUT2D eigenvalue weighted by atomic mass is 32.2. The average molecular weight is 279 g/mol. The zero-order valence-corrected chi connectivity index (χ0v) is 10.8. The Bertz CT molecular complexity index is 515. The standard InChI is InChI=1S/C13H13NO4S/c15-12(16)10-7-19-11(13(17)18)6-9(14-10)8-4-2-1-3-5-8/h1-5,10-11H,6-7H2,(H,15,16)(H,17,18)/t10-,11+/m0/s1. The number of carbonyl (C=O) groups is 2. The van der Waals surface area contributed by atoms with Gasteiger partial charge in [-0.05, 0) is 5.56 Å². The van der Waals surface area contributed by atoms with E-state index in [1.54, 1.807) is 0 Å². The molecule has 0 spiro atoms. The van der Waals surface area contributed by atoms with Gasteiger partial charge in [-0.25, -0.2) is 4.79 Å². The summed E-state index contributed by atoms with van der Waals surface area (Å²) < 4.78 is 0. The van der Waals surface area contributed by atoms with Crippen molar-refractivity contribution in [1.82, 2.24) is 0 Å². The maximum atomic E-state index is 11.1. The lowest BCUT2D eigenvalue weighted by Crippen LogP contribution is -2.21. The molecule has 1 aliphatic heterocycles. The normalized spacial score (nSPS) is 23.3. The average Bonchev–Trinajstić information content (AvgIpc) is 2.62. The Balaban J connectivity index is 2.34. The summed E-state index contributed by atoms with van der Waals surface area (Å²) in [4.78, 5) is 26.4. The van der Waals surface area contributed by atoms with Crippen LogP contribution in [0.1, 0.15) is 12.0 Å². The monoisotopic (exact) mass is 279 g/mol. The molecule has 2 atom stereocenters. The van der Waals surface area contributed by atoms with Gasteiger partial charge in [-0.2, -0.15) is 0 Å². The van der Waals surface area contributed by atoms with Crippen molar-refractivity contribution >= 4 is 29.4 Å². The molecule has 1 heterocycles. The molecule has 6 heteroatoms. The molecule has 0 unspecified atom stereocenters. The number of thioether (sulfide) groups is 1. The minimum atomic E-state index is -1.02. The molecule has 100 valence electrons. The van der Waals surface area contributed by atoms with Crippen LogP contribution in [0, 0.1) is 0 Å². The zero-order chi connectivity index (χ0) is 13.8. The van der Waals surface area contributed by atoms with Crippen LogP contribution in [0.25, 0.3) is 0 Å². The number of hydrogen-bond donors (Lipinski definition) is 2. The van der Waals surface area contributed by atoms with Crippen LogP contribution < -0.4 is 0 Å². The molecule has 0 saturated carbocycles. The van der Waals surface area contributed by atoms with E-state index >= 15 is 0 Å². The Morgan fingerprint density at radius 3 is 2.42 bits per heavy atom. The number of aliphatic carboxylic acids is 2. The Hall–Kier alpha value is -1.82. The quantitative estimate of drug-likeness (QED) is 0.876. The topological polar surface area (TPSA) is 87.0 Å². The number of carboxylic acids is 2. The summed E-state index contributed by atoms with van der Waals surface area (Å²) in [7, 11) is 0. The van der Waals surface area contributed by atoms with Crippen molar-refractivity contribution in [2.45, 2.75) is 17.7 Å². The largest absolute Gasteiger partial charge is 0.480 e. The number of carboxylic acid groups (broad SMARTS) is 2. The Labute approximate surface area is 114 Å². The minimum absolute atomic E-state index is 0.183. The van der Waals surface area contributed by atoms with E-state index in [2.05, 4.69) is 4.99 Å². The third-order valence-electron chi connectivity index (χ3n) is 2.81. The highest BCUT2D eigenvalue weighted by Gasteiger charge is 2.29. The predicted molar refractivity (Wildman–Crippen MR) is 72.9 cm³/mol. The van der Waals surface area contributed by atoms with Crippen LogP contribution >= 0.6 is 11.8 Å². The third kappa shape index (κ3) is 3.35. The Kier molecular flexibility index (Phi) is 4.21. The van der Waals surface area contributed by atoms with E-state index in [1.165, 1.54) is 0 Å². The van der Waals surface area contributed by atoms with Gasteiger partial charge in [0.1, 0.15) is 5.25 Å². The van der Waals surface area contributed by atoms with Crippen LogP contribution in [-0.4, -0.2) is 44.9 Å². The van der Waals surface area contributed by atoms with Gasteiger partial charge in [0.25, 0.3) is 0 Å². The maximum absolute atomic E-state index is 11.1. The fourth-order valence-corrected chi connectivity index (χ4v) is 2.88. The van der Waals surface area contributed by atoms with Crippen molar-refractivity contribution in [3.8, 4) is 0 Å². The fourth-order valence-electron chi connectivity index (χ4n) is 1.83. The van der Waals surface area contributed by atoms with E-state index in [1.807, 2.05) is 30.3 Å². The van der Waals surface area contributed by atoms with Crippen molar-refractivity contribution in [2.75, 3.05) is 5.75 Å². The first-order chi connectivity index (χ1) is 9.08. The van der Waals surface area contributed by atoms with Gasteiger partial charge in [0, 0.05) is 17.9 Å². The van der Waals surface area contributed by atoms with Crippen molar-refractivity contribution < 1.29 is 19.8 Å². The van der Waals surface area contributed by atoms with E-state index < -0.39 is 23.2 Å². The van der Waals surface area contributed by atoms with Gasteiger partial charge in [0.05, 0.1) is 0 Å². The summed E-state index contributed by atoms with van der Waals surface area (Å²) in [5.74, 6) is -1.77. The van der Waals surface area contributed by atoms with Gasteiger partial charge in [-0.15, -0.1) is 11.8 Å². The molecule has 0 radical (unpaired) electrons. The van der Waals surface area contributed by atoms with Gasteiger partial charge in [0.2, 0.25) is 0 Å². The highest BCUT2D eigenvalue weighted by Crippen LogP contribution is 2.24. The predicted octanol–water partition coefficient (Wildman–Crippen LogP) is 1.52. The molecule has 0 fully saturated rings. The fraction of sp³-hybridized carbons (Fsp3) is 0.308. The SMILES string of the molecule is O=C(O)[C@@H]1CS[C@@H](C(=O)O)CC(c2ccccc2)=N1. The number of rotatable bonds is 3. The summed E-state index contributed by atoms with van der Waals surface area (Å²) in [5.41, 5.74) is 1.33. The molecule has 2 N–H and O–H groups in total. The number of nitrogens with zero attached hydrogens (tertiary/aromatic N) is 1. The van der Waals surface area contributed by atoms with E-state index in [-0.39, 0.29) is 12.2 Å². The summed E-state index contributed by atoms with van der Waals surface area (Å²) in [6.45, 7) is 0. The van der Waals surface area contributed by atoms with Gasteiger partial charge in [-0.1, -0.05) is 30.3 Å². The van der Waals surface area contributed by atoms with Crippen LogP contribution in [0.5, 0.6) is 0 Å². The second-order valence-corrected chi connectivity index (χ2v) is 5.40. The molecule has 0 aromatic heterocycles. The molecular formula is C13H13NO4S. The molecular weight excluding hydrogens is 266 g/mol. The first-order valence-electron chi connectivity index (χ1n) is 5.77. The van der Waals surface area contributed by atoms with Crippen LogP contribution in [0.4, 0.5) is 0 Å². The Morgan fingerprint density at radius 1 is 1.16 bits per heavy atom. The van der Waals surface area contributed by atoms with Crippen LogP contribution in [-0.2, 0) is 9.59 Å². The van der Waals surface area contributed by atoms with E-state index in [0.29, 0.717) is 5.71 Å². The highest BCUT2D eigenvalue weighted by molar-refractivity contribution is 8.00. The van der Waals surface area contributed by atoms with Gasteiger partial charge < -0.3 is 10.2 Å². The summed E-state index contributed by atoms with van der Waals surface area (Å²) >= 11 is 1.13. The maximum Gasteiger partial charge on any atom is 0.329 e.